The molecule has 2 rings (SSSR count). The van der Waals surface area contributed by atoms with Crippen LogP contribution in [-0.2, 0) is 0 Å². The number of amidine groups is 1. The van der Waals surface area contributed by atoms with E-state index in [0.717, 1.165) is 25.3 Å². The second kappa shape index (κ2) is 5.61. The second-order valence-electron chi connectivity index (χ2n) is 4.43. The van der Waals surface area contributed by atoms with Gasteiger partial charge in [-0.2, -0.15) is 11.8 Å². The Labute approximate surface area is 111 Å². The molecule has 1 aromatic rings. The summed E-state index contributed by atoms with van der Waals surface area (Å²) < 4.78 is 14.0. The van der Waals surface area contributed by atoms with E-state index in [1.54, 1.807) is 12.1 Å². The van der Waals surface area contributed by atoms with Crippen LogP contribution in [0.4, 0.5) is 10.1 Å². The lowest BCUT2D eigenvalue weighted by Crippen LogP contribution is -2.38. The van der Waals surface area contributed by atoms with Gasteiger partial charge in [0.2, 0.25) is 0 Å². The fourth-order valence-electron chi connectivity index (χ4n) is 2.12. The Kier molecular flexibility index (Phi) is 4.11. The molecule has 0 aliphatic carbocycles. The number of nitrogens with two attached hydrogens (primary N) is 1. The maximum Gasteiger partial charge on any atom is 0.147 e. The van der Waals surface area contributed by atoms with Crippen molar-refractivity contribution in [3.8, 4) is 0 Å². The molecule has 5 heteroatoms. The predicted molar refractivity (Wildman–Crippen MR) is 76.2 cm³/mol. The zero-order valence-corrected chi connectivity index (χ0v) is 11.3. The van der Waals surface area contributed by atoms with Gasteiger partial charge in [0.1, 0.15) is 11.7 Å². The SMILES string of the molecule is CCC1CN(c2ccc(C(=N)N)cc2F)CCS1. The number of nitrogens with one attached hydrogen (secondary N) is 1. The zero-order valence-electron chi connectivity index (χ0n) is 10.4. The van der Waals surface area contributed by atoms with Gasteiger partial charge >= 0.3 is 0 Å². The number of nitrogen functional groups attached to an aromatic ring is 1. The fraction of sp³-hybridized carbons (Fsp3) is 0.462. The largest absolute Gasteiger partial charge is 0.384 e. The topological polar surface area (TPSA) is 53.1 Å². The molecular weight excluding hydrogens is 249 g/mol. The minimum atomic E-state index is -0.288. The van der Waals surface area contributed by atoms with Gasteiger partial charge < -0.3 is 10.6 Å². The highest BCUT2D eigenvalue weighted by Crippen LogP contribution is 2.28. The molecule has 0 aromatic heterocycles. The van der Waals surface area contributed by atoms with Gasteiger partial charge in [-0.3, -0.25) is 5.41 Å². The summed E-state index contributed by atoms with van der Waals surface area (Å²) in [7, 11) is 0. The quantitative estimate of drug-likeness (QED) is 0.653. The van der Waals surface area contributed by atoms with Crippen LogP contribution in [0.2, 0.25) is 0 Å². The lowest BCUT2D eigenvalue weighted by Gasteiger charge is -2.33. The van der Waals surface area contributed by atoms with Gasteiger partial charge in [-0.15, -0.1) is 0 Å². The lowest BCUT2D eigenvalue weighted by atomic mass is 10.1. The minimum absolute atomic E-state index is 0.0962. The van der Waals surface area contributed by atoms with Gasteiger partial charge in [0.15, 0.2) is 0 Å². The van der Waals surface area contributed by atoms with E-state index in [4.69, 9.17) is 11.1 Å². The molecule has 0 radical (unpaired) electrons. The van der Waals surface area contributed by atoms with Gasteiger partial charge in [0, 0.05) is 29.7 Å². The summed E-state index contributed by atoms with van der Waals surface area (Å²) in [6, 6.07) is 4.79. The normalized spacial score (nSPS) is 19.9. The predicted octanol–water partition coefficient (Wildman–Crippen LogP) is 2.44. The van der Waals surface area contributed by atoms with Crippen LogP contribution in [0.3, 0.4) is 0 Å². The standard InChI is InChI=1S/C13H18FN3S/c1-2-10-8-17(5-6-18-10)12-4-3-9(13(15)16)7-11(12)14/h3-4,7,10H,2,5-6,8H2,1H3,(H3,15,16). The minimum Gasteiger partial charge on any atom is -0.384 e. The summed E-state index contributed by atoms with van der Waals surface area (Å²) in [5, 5.41) is 7.88. The summed E-state index contributed by atoms with van der Waals surface area (Å²) in [4.78, 5) is 2.09. The molecule has 0 bridgehead atoms. The van der Waals surface area contributed by atoms with Crippen molar-refractivity contribution in [2.45, 2.75) is 18.6 Å². The van der Waals surface area contributed by atoms with Crippen molar-refractivity contribution in [2.75, 3.05) is 23.7 Å². The second-order valence-corrected chi connectivity index (χ2v) is 5.84. The summed E-state index contributed by atoms with van der Waals surface area (Å²) in [5.74, 6) is 0.650. The van der Waals surface area contributed by atoms with Crippen LogP contribution >= 0.6 is 11.8 Å². The van der Waals surface area contributed by atoms with E-state index in [-0.39, 0.29) is 11.7 Å². The summed E-state index contributed by atoms with van der Waals surface area (Å²) in [6.45, 7) is 3.92. The van der Waals surface area contributed by atoms with Gasteiger partial charge in [-0.25, -0.2) is 4.39 Å². The third kappa shape index (κ3) is 2.77. The number of hydrogen-bond donors (Lipinski definition) is 2. The van der Waals surface area contributed by atoms with Crippen LogP contribution in [0.5, 0.6) is 0 Å². The van der Waals surface area contributed by atoms with E-state index in [0.29, 0.717) is 16.5 Å². The van der Waals surface area contributed by atoms with Gasteiger partial charge in [-0.05, 0) is 24.6 Å². The molecule has 18 heavy (non-hydrogen) atoms. The maximum absolute atomic E-state index is 14.0. The lowest BCUT2D eigenvalue weighted by molar-refractivity contribution is 0.613. The molecule has 1 atom stereocenters. The molecule has 1 saturated heterocycles. The molecule has 3 nitrogen and oxygen atoms in total. The van der Waals surface area contributed by atoms with Crippen molar-refractivity contribution >= 4 is 23.3 Å². The number of benzene rings is 1. The number of hydrogen-bond acceptors (Lipinski definition) is 3. The summed E-state index contributed by atoms with van der Waals surface area (Å²) >= 11 is 1.96. The van der Waals surface area contributed by atoms with Crippen LogP contribution < -0.4 is 10.6 Å². The molecule has 0 amide bonds. The van der Waals surface area contributed by atoms with Crippen LogP contribution in [0.1, 0.15) is 18.9 Å². The highest BCUT2D eigenvalue weighted by Gasteiger charge is 2.21. The summed E-state index contributed by atoms with van der Waals surface area (Å²) in [5.41, 5.74) is 6.42. The first-order valence-corrected chi connectivity index (χ1v) is 7.17. The van der Waals surface area contributed by atoms with E-state index in [2.05, 4.69) is 11.8 Å². The van der Waals surface area contributed by atoms with E-state index in [1.165, 1.54) is 6.07 Å². The van der Waals surface area contributed by atoms with Crippen LogP contribution in [-0.4, -0.2) is 29.9 Å². The third-order valence-corrected chi connectivity index (χ3v) is 4.57. The smallest absolute Gasteiger partial charge is 0.147 e. The first-order chi connectivity index (χ1) is 8.61. The van der Waals surface area contributed by atoms with E-state index in [1.807, 2.05) is 11.8 Å². The molecule has 3 N–H and O–H groups in total. The Morgan fingerprint density at radius 2 is 2.39 bits per heavy atom. The highest BCUT2D eigenvalue weighted by molar-refractivity contribution is 8.00. The monoisotopic (exact) mass is 267 g/mol. The van der Waals surface area contributed by atoms with Crippen LogP contribution in [0.25, 0.3) is 0 Å². The molecule has 98 valence electrons. The molecule has 1 aromatic carbocycles. The van der Waals surface area contributed by atoms with E-state index >= 15 is 0 Å². The number of thioether (sulfide) groups is 1. The van der Waals surface area contributed by atoms with Gasteiger partial charge in [0.25, 0.3) is 0 Å². The van der Waals surface area contributed by atoms with Crippen molar-refractivity contribution in [1.82, 2.24) is 0 Å². The molecule has 0 spiro atoms. The average Bonchev–Trinajstić information content (AvgIpc) is 2.38. The Hall–Kier alpha value is -1.23. The van der Waals surface area contributed by atoms with Crippen molar-refractivity contribution in [2.24, 2.45) is 5.73 Å². The van der Waals surface area contributed by atoms with Gasteiger partial charge in [0.05, 0.1) is 5.69 Å². The molecule has 1 aliphatic rings. The average molecular weight is 267 g/mol. The van der Waals surface area contributed by atoms with Crippen LogP contribution in [0.15, 0.2) is 18.2 Å². The molecule has 1 heterocycles. The fourth-order valence-corrected chi connectivity index (χ4v) is 3.30. The Morgan fingerprint density at radius 3 is 3.00 bits per heavy atom. The van der Waals surface area contributed by atoms with E-state index in [9.17, 15) is 4.39 Å². The Morgan fingerprint density at radius 1 is 1.61 bits per heavy atom. The van der Waals surface area contributed by atoms with Gasteiger partial charge in [-0.1, -0.05) is 6.92 Å². The molecule has 1 aliphatic heterocycles. The molecular formula is C13H18FN3S. The first-order valence-electron chi connectivity index (χ1n) is 6.12. The molecule has 0 saturated carbocycles. The van der Waals surface area contributed by atoms with Crippen molar-refractivity contribution in [3.05, 3.63) is 29.6 Å². The maximum atomic E-state index is 14.0. The molecule has 1 unspecified atom stereocenters. The molecule has 1 fully saturated rings. The highest BCUT2D eigenvalue weighted by atomic mass is 32.2. The number of anilines is 1. The van der Waals surface area contributed by atoms with Crippen molar-refractivity contribution in [1.29, 1.82) is 5.41 Å². The van der Waals surface area contributed by atoms with Crippen molar-refractivity contribution in [3.63, 3.8) is 0 Å². The Bertz CT molecular complexity index is 450. The van der Waals surface area contributed by atoms with Crippen molar-refractivity contribution < 1.29 is 4.39 Å². The summed E-state index contributed by atoms with van der Waals surface area (Å²) in [6.07, 6.45) is 1.11. The number of nitrogens with zero attached hydrogens (tertiary/aromatic N) is 1. The third-order valence-electron chi connectivity index (χ3n) is 3.19. The first kappa shape index (κ1) is 13.2. The van der Waals surface area contributed by atoms with E-state index < -0.39 is 0 Å². The zero-order chi connectivity index (χ0) is 13.1. The van der Waals surface area contributed by atoms with Crippen LogP contribution in [0, 0.1) is 11.2 Å². The Balaban J connectivity index is 2.20. The number of halogens is 1. The number of rotatable bonds is 3.